The minimum absolute atomic E-state index is 0.635. The molecule has 0 aliphatic rings. The van der Waals surface area contributed by atoms with Crippen molar-refractivity contribution in [1.82, 2.24) is 39.0 Å². The van der Waals surface area contributed by atoms with Gasteiger partial charge in [-0.05, 0) is 114 Å². The molecule has 0 amide bonds. The maximum absolute atomic E-state index is 5.10. The number of hydrogen-bond donors (Lipinski definition) is 0. The molecule has 8 heteroatoms. The predicted molar refractivity (Wildman–Crippen MR) is 406 cm³/mol. The highest BCUT2D eigenvalue weighted by Gasteiger charge is 2.23. The first-order valence-corrected chi connectivity index (χ1v) is 33.1. The predicted octanol–water partition coefficient (Wildman–Crippen LogP) is 22.9. The van der Waals surface area contributed by atoms with Crippen molar-refractivity contribution in [3.8, 4) is 79.7 Å². The first-order valence-electron chi connectivity index (χ1n) is 33.1. The Morgan fingerprint density at radius 1 is 0.173 bits per heavy atom. The molecule has 0 N–H and O–H groups in total. The fourth-order valence-electron chi connectivity index (χ4n) is 14.6. The first-order chi connectivity index (χ1) is 48.6. The molecule has 0 aliphatic heterocycles. The van der Waals surface area contributed by atoms with E-state index in [0.717, 1.165) is 71.9 Å². The second-order valence-corrected chi connectivity index (χ2v) is 24.9. The van der Waals surface area contributed by atoms with E-state index < -0.39 is 0 Å². The van der Waals surface area contributed by atoms with Gasteiger partial charge in [0.05, 0.1) is 27.8 Å². The Hall–Kier alpha value is -13.3. The third-order valence-electron chi connectivity index (χ3n) is 19.2. The zero-order chi connectivity index (χ0) is 64.6. The second-order valence-electron chi connectivity index (χ2n) is 24.9. The highest BCUT2D eigenvalue weighted by molar-refractivity contribution is 6.30. The molecule has 0 saturated heterocycles. The fourth-order valence-corrected chi connectivity index (χ4v) is 14.6. The van der Waals surface area contributed by atoms with E-state index in [4.69, 9.17) is 29.9 Å². The molecule has 20 rings (SSSR count). The monoisotopic (exact) mass is 1250 g/mol. The average Bonchev–Trinajstić information content (AvgIpc) is 1.45. The van der Waals surface area contributed by atoms with Crippen molar-refractivity contribution >= 4 is 108 Å². The van der Waals surface area contributed by atoms with Gasteiger partial charge in [0, 0.05) is 66.0 Å². The summed E-state index contributed by atoms with van der Waals surface area (Å²) in [4.78, 5) is 30.3. The van der Waals surface area contributed by atoms with E-state index in [9.17, 15) is 0 Å². The van der Waals surface area contributed by atoms with Crippen LogP contribution in [0.25, 0.3) is 188 Å². The summed E-state index contributed by atoms with van der Waals surface area (Å²) in [5.41, 5.74) is 12.5. The first kappa shape index (κ1) is 56.3. The molecule has 4 heterocycles. The summed E-state index contributed by atoms with van der Waals surface area (Å²) >= 11 is 0. The van der Waals surface area contributed by atoms with Crippen LogP contribution in [0.1, 0.15) is 0 Å². The molecule has 0 spiro atoms. The van der Waals surface area contributed by atoms with Gasteiger partial charge in [0.15, 0.2) is 34.9 Å². The summed E-state index contributed by atoms with van der Waals surface area (Å²) in [6.45, 7) is 0. The van der Waals surface area contributed by atoms with Crippen LogP contribution >= 0.6 is 0 Å². The van der Waals surface area contributed by atoms with Gasteiger partial charge in [0.1, 0.15) is 0 Å². The number of rotatable bonds is 8. The van der Waals surface area contributed by atoms with Gasteiger partial charge in [0.2, 0.25) is 0 Å². The molecule has 456 valence electrons. The van der Waals surface area contributed by atoms with Crippen LogP contribution in [0, 0.1) is 0 Å². The van der Waals surface area contributed by atoms with Crippen LogP contribution in [0.3, 0.4) is 0 Å². The largest absolute Gasteiger partial charge is 0.309 e. The number of nitrogens with zero attached hydrogens (tertiary/aromatic N) is 8. The normalized spacial score (nSPS) is 11.7. The number of fused-ring (bicyclic) bond motifs is 16. The Balaban J connectivity index is 0.000000137. The van der Waals surface area contributed by atoms with Crippen LogP contribution in [0.5, 0.6) is 0 Å². The van der Waals surface area contributed by atoms with Gasteiger partial charge in [-0.1, -0.05) is 285 Å². The van der Waals surface area contributed by atoms with E-state index >= 15 is 0 Å². The van der Waals surface area contributed by atoms with Gasteiger partial charge in [-0.3, -0.25) is 0 Å². The maximum atomic E-state index is 5.10. The Morgan fingerprint density at radius 3 is 0.918 bits per heavy atom. The van der Waals surface area contributed by atoms with Crippen molar-refractivity contribution in [1.29, 1.82) is 0 Å². The third kappa shape index (κ3) is 9.61. The van der Waals surface area contributed by atoms with Gasteiger partial charge < -0.3 is 9.13 Å². The van der Waals surface area contributed by atoms with Crippen molar-refractivity contribution in [2.75, 3.05) is 0 Å². The molecule has 8 nitrogen and oxygen atoms in total. The van der Waals surface area contributed by atoms with Crippen molar-refractivity contribution in [2.45, 2.75) is 0 Å². The summed E-state index contributed by atoms with van der Waals surface area (Å²) < 4.78 is 4.82. The SMILES string of the molecule is c1ccc(-c2nc(-c3cccc(-n4c5ccc6ccccc6c5c5c6ccccc6ccc54)c3)nc(-c3ccc4ccccc4c3)n2)cc1.c1ccc(-c2nc(-c3ccccc3)nc(-c3cc(-n4c5ccc6ccccc6c5c5c6ccccc6ccc54)c4ccccc4c3)n2)cc1. The van der Waals surface area contributed by atoms with Crippen LogP contribution in [-0.2, 0) is 0 Å². The molecule has 0 atom stereocenters. The van der Waals surface area contributed by atoms with E-state index in [1.165, 1.54) is 81.1 Å². The smallest absolute Gasteiger partial charge is 0.164 e. The Morgan fingerprint density at radius 2 is 0.480 bits per heavy atom. The molecule has 0 aliphatic carbocycles. The molecule has 20 aromatic rings. The standard InChI is InChI=1S/2C45H28N4/c1-3-15-31(16-4-1)43-46-44(32-17-5-2-6-18-32)48-45(47-43)34-27-33-19-9-10-20-35(33)40(28-34)49-38-25-23-29-13-7-11-21-36(29)41(38)42-37-22-12-8-14-30(37)24-26-39(42)49;1-2-14-32(15-3-1)43-46-44(48-45(47-43)35-22-21-29-11-4-5-16-33(29)27-35)34-17-10-18-36(28-34)49-39-25-23-30-12-6-8-19-37(30)41(39)42-38-20-9-7-13-31(38)24-26-40(42)49/h2*1-28H. The van der Waals surface area contributed by atoms with Crippen LogP contribution in [0.4, 0.5) is 0 Å². The lowest BCUT2D eigenvalue weighted by molar-refractivity contribution is 1.07. The van der Waals surface area contributed by atoms with Gasteiger partial charge in [-0.25, -0.2) is 29.9 Å². The van der Waals surface area contributed by atoms with Gasteiger partial charge >= 0.3 is 0 Å². The summed E-state index contributed by atoms with van der Waals surface area (Å²) in [6, 6.07) is 120. The molecule has 0 radical (unpaired) electrons. The Bertz CT molecular complexity index is 6260. The molecular formula is C90H56N8. The highest BCUT2D eigenvalue weighted by Crippen LogP contribution is 2.45. The minimum atomic E-state index is 0.635. The van der Waals surface area contributed by atoms with E-state index in [1.54, 1.807) is 0 Å². The quantitative estimate of drug-likeness (QED) is 0.151. The third-order valence-corrected chi connectivity index (χ3v) is 19.2. The van der Waals surface area contributed by atoms with Crippen LogP contribution in [-0.4, -0.2) is 39.0 Å². The fraction of sp³-hybridized carbons (Fsp3) is 0. The van der Waals surface area contributed by atoms with E-state index in [0.29, 0.717) is 34.9 Å². The average molecular weight is 1250 g/mol. The summed E-state index contributed by atoms with van der Waals surface area (Å²) in [7, 11) is 0. The van der Waals surface area contributed by atoms with Crippen LogP contribution in [0.2, 0.25) is 0 Å². The lowest BCUT2D eigenvalue weighted by atomic mass is 10.00. The molecule has 4 aromatic heterocycles. The van der Waals surface area contributed by atoms with Crippen molar-refractivity contribution < 1.29 is 0 Å². The molecule has 0 bridgehead atoms. The zero-order valence-corrected chi connectivity index (χ0v) is 52.9. The van der Waals surface area contributed by atoms with E-state index in [-0.39, 0.29) is 0 Å². The Kier molecular flexibility index (Phi) is 13.4. The molecule has 0 fully saturated rings. The number of benzene rings is 16. The summed E-state index contributed by atoms with van der Waals surface area (Å²) in [6.07, 6.45) is 0. The minimum Gasteiger partial charge on any atom is -0.309 e. The maximum Gasteiger partial charge on any atom is 0.164 e. The van der Waals surface area contributed by atoms with E-state index in [2.05, 4.69) is 258 Å². The van der Waals surface area contributed by atoms with Crippen LogP contribution < -0.4 is 0 Å². The number of hydrogen-bond acceptors (Lipinski definition) is 6. The Labute approximate surface area is 563 Å². The topological polar surface area (TPSA) is 87.2 Å². The van der Waals surface area contributed by atoms with Crippen molar-refractivity contribution in [3.63, 3.8) is 0 Å². The summed E-state index contributed by atoms with van der Waals surface area (Å²) in [5, 5.41) is 19.6. The second kappa shape index (κ2) is 23.3. The molecule has 16 aromatic carbocycles. The molecule has 0 saturated carbocycles. The zero-order valence-electron chi connectivity index (χ0n) is 52.9. The molecule has 98 heavy (non-hydrogen) atoms. The van der Waals surface area contributed by atoms with Crippen molar-refractivity contribution in [3.05, 3.63) is 340 Å². The molecule has 0 unspecified atom stereocenters. The number of aromatic nitrogens is 8. The van der Waals surface area contributed by atoms with Gasteiger partial charge in [-0.2, -0.15) is 0 Å². The van der Waals surface area contributed by atoms with Gasteiger partial charge in [-0.15, -0.1) is 0 Å². The molecular weight excluding hydrogens is 1190 g/mol. The van der Waals surface area contributed by atoms with Crippen molar-refractivity contribution in [2.24, 2.45) is 0 Å². The van der Waals surface area contributed by atoms with E-state index in [1.807, 2.05) is 91.0 Å². The lowest BCUT2D eigenvalue weighted by Gasteiger charge is -2.15. The van der Waals surface area contributed by atoms with Gasteiger partial charge in [0.25, 0.3) is 0 Å². The van der Waals surface area contributed by atoms with Crippen LogP contribution in [0.15, 0.2) is 340 Å². The lowest BCUT2D eigenvalue weighted by Crippen LogP contribution is -2.01. The summed E-state index contributed by atoms with van der Waals surface area (Å²) in [5.74, 6) is 3.86. The highest BCUT2D eigenvalue weighted by atomic mass is 15.1.